The lowest BCUT2D eigenvalue weighted by Gasteiger charge is -2.46. The Bertz CT molecular complexity index is 426. The van der Waals surface area contributed by atoms with Crippen molar-refractivity contribution in [2.75, 3.05) is 39.8 Å². The monoisotopic (exact) mass is 326 g/mol. The summed E-state index contributed by atoms with van der Waals surface area (Å²) in [6.45, 7) is 9.48. The van der Waals surface area contributed by atoms with Crippen molar-refractivity contribution in [1.82, 2.24) is 9.80 Å². The highest BCUT2D eigenvalue weighted by molar-refractivity contribution is 5.71. The molecule has 0 saturated carbocycles. The fourth-order valence-corrected chi connectivity index (χ4v) is 3.42. The highest BCUT2D eigenvalue weighted by Crippen LogP contribution is 2.41. The van der Waals surface area contributed by atoms with E-state index in [-0.39, 0.29) is 12.1 Å². The number of hydrogen-bond donors (Lipinski definition) is 0. The zero-order chi connectivity index (χ0) is 17.1. The van der Waals surface area contributed by atoms with E-state index >= 15 is 0 Å². The zero-order valence-electron chi connectivity index (χ0n) is 14.9. The van der Waals surface area contributed by atoms with Gasteiger partial charge in [-0.1, -0.05) is 0 Å². The molecule has 1 amide bonds. The summed E-state index contributed by atoms with van der Waals surface area (Å²) in [5, 5.41) is 0. The quantitative estimate of drug-likeness (QED) is 0.729. The van der Waals surface area contributed by atoms with Gasteiger partial charge in [0.1, 0.15) is 5.60 Å². The minimum Gasteiger partial charge on any atom is -0.468 e. The summed E-state index contributed by atoms with van der Waals surface area (Å²) in [6, 6.07) is 0. The third kappa shape index (κ3) is 5.09. The summed E-state index contributed by atoms with van der Waals surface area (Å²) in [4.78, 5) is 27.5. The predicted molar refractivity (Wildman–Crippen MR) is 87.2 cm³/mol. The van der Waals surface area contributed by atoms with E-state index in [1.165, 1.54) is 7.11 Å². The lowest BCUT2D eigenvalue weighted by atomic mass is 9.71. The first-order valence-electron chi connectivity index (χ1n) is 8.50. The Morgan fingerprint density at radius 3 is 2.00 bits per heavy atom. The van der Waals surface area contributed by atoms with Gasteiger partial charge in [-0.3, -0.25) is 9.69 Å². The van der Waals surface area contributed by atoms with Crippen molar-refractivity contribution < 1.29 is 19.1 Å². The number of nitrogens with zero attached hydrogens (tertiary/aromatic N) is 2. The van der Waals surface area contributed by atoms with Crippen LogP contribution in [0.25, 0.3) is 0 Å². The van der Waals surface area contributed by atoms with E-state index in [4.69, 9.17) is 9.47 Å². The summed E-state index contributed by atoms with van der Waals surface area (Å²) >= 11 is 0. The van der Waals surface area contributed by atoms with Crippen LogP contribution in [0.4, 0.5) is 4.79 Å². The topological polar surface area (TPSA) is 59.1 Å². The van der Waals surface area contributed by atoms with E-state index in [9.17, 15) is 9.59 Å². The number of carbonyl (C=O) groups is 2. The maximum atomic E-state index is 12.1. The highest BCUT2D eigenvalue weighted by Gasteiger charge is 2.39. The van der Waals surface area contributed by atoms with Gasteiger partial charge in [0.05, 0.1) is 13.7 Å². The van der Waals surface area contributed by atoms with Crippen LogP contribution in [0.2, 0.25) is 0 Å². The van der Waals surface area contributed by atoms with Gasteiger partial charge in [0.2, 0.25) is 0 Å². The molecule has 0 N–H and O–H groups in total. The van der Waals surface area contributed by atoms with Crippen LogP contribution in [0.1, 0.15) is 46.5 Å². The van der Waals surface area contributed by atoms with Crippen molar-refractivity contribution in [3.8, 4) is 0 Å². The molecule has 0 aliphatic carbocycles. The third-order valence-corrected chi connectivity index (χ3v) is 4.97. The Balaban J connectivity index is 1.78. The average molecular weight is 326 g/mol. The smallest absolute Gasteiger partial charge is 0.410 e. The van der Waals surface area contributed by atoms with Gasteiger partial charge in [-0.05, 0) is 65.0 Å². The SMILES string of the molecule is COC(=O)CN1CCC2(CC1)CCN(C(=O)OC(C)(C)C)CC2. The minimum atomic E-state index is -0.439. The van der Waals surface area contributed by atoms with Gasteiger partial charge in [0.25, 0.3) is 0 Å². The molecular formula is C17H30N2O4. The molecule has 2 rings (SSSR count). The molecule has 2 saturated heterocycles. The number of ether oxygens (including phenoxy) is 2. The van der Waals surface area contributed by atoms with Crippen molar-refractivity contribution in [2.24, 2.45) is 5.41 Å². The normalized spacial score (nSPS) is 22.0. The van der Waals surface area contributed by atoms with Crippen molar-refractivity contribution in [3.63, 3.8) is 0 Å². The van der Waals surface area contributed by atoms with Crippen molar-refractivity contribution in [3.05, 3.63) is 0 Å². The number of esters is 1. The van der Waals surface area contributed by atoms with Crippen molar-refractivity contribution in [1.29, 1.82) is 0 Å². The number of likely N-dealkylation sites (tertiary alicyclic amines) is 2. The molecule has 0 atom stereocenters. The fraction of sp³-hybridized carbons (Fsp3) is 0.882. The summed E-state index contributed by atoms with van der Waals surface area (Å²) in [5.41, 5.74) is -0.115. The zero-order valence-corrected chi connectivity index (χ0v) is 14.9. The lowest BCUT2D eigenvalue weighted by molar-refractivity contribution is -0.142. The molecular weight excluding hydrogens is 296 g/mol. The first kappa shape index (κ1) is 18.0. The Hall–Kier alpha value is -1.30. The standard InChI is InChI=1S/C17H30N2O4/c1-16(2,3)23-15(21)19-11-7-17(8-12-19)5-9-18(10-6-17)13-14(20)22-4/h5-13H2,1-4H3. The molecule has 132 valence electrons. The van der Waals surface area contributed by atoms with Gasteiger partial charge in [0, 0.05) is 13.1 Å². The molecule has 0 radical (unpaired) electrons. The predicted octanol–water partition coefficient (Wildman–Crippen LogP) is 2.27. The average Bonchev–Trinajstić information content (AvgIpc) is 2.48. The number of amides is 1. The Morgan fingerprint density at radius 1 is 1.00 bits per heavy atom. The number of methoxy groups -OCH3 is 1. The second-order valence-electron chi connectivity index (χ2n) is 7.82. The molecule has 2 aliphatic rings. The van der Waals surface area contributed by atoms with Crippen LogP contribution in [0.15, 0.2) is 0 Å². The van der Waals surface area contributed by atoms with E-state index in [0.717, 1.165) is 51.9 Å². The minimum absolute atomic E-state index is 0.166. The molecule has 0 aromatic rings. The molecule has 2 aliphatic heterocycles. The van der Waals surface area contributed by atoms with E-state index in [1.807, 2.05) is 25.7 Å². The van der Waals surface area contributed by atoms with Gasteiger partial charge >= 0.3 is 12.1 Å². The number of hydrogen-bond acceptors (Lipinski definition) is 5. The van der Waals surface area contributed by atoms with Gasteiger partial charge in [-0.2, -0.15) is 0 Å². The van der Waals surface area contributed by atoms with Gasteiger partial charge in [0.15, 0.2) is 0 Å². The van der Waals surface area contributed by atoms with Crippen LogP contribution >= 0.6 is 0 Å². The summed E-state index contributed by atoms with van der Waals surface area (Å²) < 4.78 is 10.2. The van der Waals surface area contributed by atoms with E-state index in [2.05, 4.69) is 4.90 Å². The molecule has 6 nitrogen and oxygen atoms in total. The summed E-state index contributed by atoms with van der Waals surface area (Å²) in [6.07, 6.45) is 4.03. The second-order valence-corrected chi connectivity index (χ2v) is 7.82. The maximum absolute atomic E-state index is 12.1. The van der Waals surface area contributed by atoms with E-state index in [1.54, 1.807) is 0 Å². The van der Waals surface area contributed by atoms with Crippen LogP contribution in [-0.4, -0.2) is 67.3 Å². The maximum Gasteiger partial charge on any atom is 0.410 e. The number of piperidine rings is 2. The molecule has 0 aromatic carbocycles. The molecule has 2 heterocycles. The highest BCUT2D eigenvalue weighted by atomic mass is 16.6. The molecule has 0 bridgehead atoms. The van der Waals surface area contributed by atoms with Gasteiger partial charge in [-0.15, -0.1) is 0 Å². The van der Waals surface area contributed by atoms with Gasteiger partial charge < -0.3 is 14.4 Å². The molecule has 1 spiro atoms. The van der Waals surface area contributed by atoms with Crippen LogP contribution in [0.5, 0.6) is 0 Å². The van der Waals surface area contributed by atoms with Crippen LogP contribution in [0.3, 0.4) is 0 Å². The first-order valence-corrected chi connectivity index (χ1v) is 8.50. The summed E-state index contributed by atoms with van der Waals surface area (Å²) in [5.74, 6) is -0.166. The Morgan fingerprint density at radius 2 is 1.52 bits per heavy atom. The lowest BCUT2D eigenvalue weighted by Crippen LogP contribution is -2.49. The molecule has 0 unspecified atom stereocenters. The summed E-state index contributed by atoms with van der Waals surface area (Å²) in [7, 11) is 1.43. The molecule has 0 aromatic heterocycles. The van der Waals surface area contributed by atoms with Crippen molar-refractivity contribution >= 4 is 12.1 Å². The van der Waals surface area contributed by atoms with E-state index < -0.39 is 5.60 Å². The van der Waals surface area contributed by atoms with Crippen molar-refractivity contribution in [2.45, 2.75) is 52.1 Å². The third-order valence-electron chi connectivity index (χ3n) is 4.97. The number of carbonyl (C=O) groups excluding carboxylic acids is 2. The number of rotatable bonds is 2. The second kappa shape index (κ2) is 7.07. The first-order chi connectivity index (χ1) is 10.7. The van der Waals surface area contributed by atoms with E-state index in [0.29, 0.717) is 12.0 Å². The molecule has 23 heavy (non-hydrogen) atoms. The van der Waals surface area contributed by atoms with Crippen LogP contribution < -0.4 is 0 Å². The molecule has 6 heteroatoms. The van der Waals surface area contributed by atoms with Gasteiger partial charge in [-0.25, -0.2) is 4.79 Å². The fourth-order valence-electron chi connectivity index (χ4n) is 3.42. The Labute approximate surface area is 139 Å². The van der Waals surface area contributed by atoms with Crippen LogP contribution in [-0.2, 0) is 14.3 Å². The molecule has 2 fully saturated rings. The van der Waals surface area contributed by atoms with Crippen LogP contribution in [0, 0.1) is 5.41 Å². The Kier molecular flexibility index (Phi) is 5.55. The largest absolute Gasteiger partial charge is 0.468 e.